The Kier molecular flexibility index (Phi) is 7.05. The Labute approximate surface area is 107 Å². The molecule has 3 N–H and O–H groups in total. The Morgan fingerprint density at radius 2 is 2.17 bits per heavy atom. The number of ether oxygens (including phenoxy) is 1. The number of nitrogens with two attached hydrogens (primary N) is 1. The first-order chi connectivity index (χ1) is 8.28. The smallest absolute Gasteiger partial charge is 0.407 e. The zero-order valence-corrected chi connectivity index (χ0v) is 11.5. The van der Waals surface area contributed by atoms with Gasteiger partial charge in [0.05, 0.1) is 6.42 Å². The molecule has 0 fully saturated rings. The van der Waals surface area contributed by atoms with E-state index < -0.39 is 17.7 Å². The molecule has 0 spiro atoms. The number of hydrogen-bond acceptors (Lipinski definition) is 2. The summed E-state index contributed by atoms with van der Waals surface area (Å²) in [4.78, 5) is 11.4. The summed E-state index contributed by atoms with van der Waals surface area (Å²) in [6, 6.07) is 0. The molecule has 0 saturated carbocycles. The third-order valence-corrected chi connectivity index (χ3v) is 2.18. The number of halogens is 1. The van der Waals surface area contributed by atoms with Crippen molar-refractivity contribution in [3.05, 3.63) is 0 Å². The largest absolute Gasteiger partial charge is 0.444 e. The van der Waals surface area contributed by atoms with Crippen molar-refractivity contribution >= 4 is 18.4 Å². The van der Waals surface area contributed by atoms with E-state index in [1.165, 1.54) is 0 Å². The Morgan fingerprint density at radius 1 is 1.56 bits per heavy atom. The zero-order valence-electron chi connectivity index (χ0n) is 11.5. The van der Waals surface area contributed by atoms with E-state index in [2.05, 4.69) is 9.98 Å². The molecule has 5 nitrogen and oxygen atoms in total. The van der Waals surface area contributed by atoms with E-state index in [0.717, 1.165) is 12.8 Å². The zero-order chi connectivity index (χ0) is 14.2. The fourth-order valence-electron chi connectivity index (χ4n) is 1.27. The molecule has 0 rings (SSSR count). The molecule has 1 unspecified atom stereocenters. The predicted molar refractivity (Wildman–Crippen MR) is 71.1 cm³/mol. The molecule has 0 aromatic rings. The lowest BCUT2D eigenvalue weighted by Crippen LogP contribution is -2.35. The Bertz CT molecular complexity index is 331. The number of alkyl carbamates (subject to hydrolysis) is 1. The van der Waals surface area contributed by atoms with Crippen LogP contribution in [0.15, 0.2) is 0 Å². The van der Waals surface area contributed by atoms with E-state index in [9.17, 15) is 9.18 Å². The first kappa shape index (κ1) is 16.4. The van der Waals surface area contributed by atoms with E-state index in [4.69, 9.17) is 10.5 Å². The SMILES string of the molecule is CCC(CNC(=O)OC(C)(C)C)CC(F)=[N+]=CN. The molecule has 1 amide bonds. The highest BCUT2D eigenvalue weighted by atomic mass is 19.1. The Morgan fingerprint density at radius 3 is 2.61 bits per heavy atom. The summed E-state index contributed by atoms with van der Waals surface area (Å²) in [6.45, 7) is 7.62. The van der Waals surface area contributed by atoms with E-state index in [1.54, 1.807) is 20.8 Å². The van der Waals surface area contributed by atoms with Crippen LogP contribution in [-0.4, -0.2) is 30.5 Å². The van der Waals surface area contributed by atoms with Crippen molar-refractivity contribution in [2.45, 2.75) is 46.1 Å². The Hall–Kier alpha value is -1.55. The second-order valence-electron chi connectivity index (χ2n) is 5.02. The number of carbonyl (C=O) groups excluding carboxylic acids is 1. The quantitative estimate of drug-likeness (QED) is 0.445. The molecule has 0 heterocycles. The lowest BCUT2D eigenvalue weighted by Gasteiger charge is -2.21. The standard InChI is InChI=1S/C12H22FN3O2/c1-5-9(6-10(13)16-8-14)7-15-11(17)18-12(2,3)4/h8-9,14H,5-7H2,1-4H3,(H,15,17)/p+1. The average molecular weight is 260 g/mol. The molecule has 0 bridgehead atoms. The predicted octanol–water partition coefficient (Wildman–Crippen LogP) is 1.35. The maximum Gasteiger partial charge on any atom is 0.407 e. The molecule has 0 aliphatic rings. The third-order valence-electron chi connectivity index (χ3n) is 2.18. The van der Waals surface area contributed by atoms with Gasteiger partial charge in [-0.25, -0.2) is 4.79 Å². The maximum atomic E-state index is 13.1. The van der Waals surface area contributed by atoms with E-state index in [0.29, 0.717) is 6.54 Å². The monoisotopic (exact) mass is 260 g/mol. The van der Waals surface area contributed by atoms with Crippen molar-refractivity contribution in [2.24, 2.45) is 11.7 Å². The van der Waals surface area contributed by atoms with Crippen LogP contribution >= 0.6 is 0 Å². The van der Waals surface area contributed by atoms with Gasteiger partial charge in [-0.3, -0.25) is 5.73 Å². The number of rotatable bonds is 5. The molecule has 6 heteroatoms. The van der Waals surface area contributed by atoms with E-state index >= 15 is 0 Å². The van der Waals surface area contributed by atoms with Crippen LogP contribution in [0.25, 0.3) is 0 Å². The molecule has 0 aliphatic carbocycles. The van der Waals surface area contributed by atoms with Crippen molar-refractivity contribution in [1.82, 2.24) is 9.98 Å². The topological polar surface area (TPSA) is 78.5 Å². The normalized spacial score (nSPS) is 12.3. The van der Waals surface area contributed by atoms with Crippen LogP contribution in [0.4, 0.5) is 9.18 Å². The first-order valence-electron chi connectivity index (χ1n) is 6.01. The molecule has 0 aromatic heterocycles. The van der Waals surface area contributed by atoms with Gasteiger partial charge in [0.1, 0.15) is 5.60 Å². The van der Waals surface area contributed by atoms with Crippen molar-refractivity contribution in [3.8, 4) is 0 Å². The first-order valence-corrected chi connectivity index (χ1v) is 6.01. The fourth-order valence-corrected chi connectivity index (χ4v) is 1.27. The summed E-state index contributed by atoms with van der Waals surface area (Å²) in [5.41, 5.74) is 4.46. The average Bonchev–Trinajstić information content (AvgIpc) is 2.22. The molecule has 104 valence electrons. The number of amides is 1. The minimum atomic E-state index is -0.535. The highest BCUT2D eigenvalue weighted by Gasteiger charge is 2.18. The second-order valence-corrected chi connectivity index (χ2v) is 5.02. The van der Waals surface area contributed by atoms with Gasteiger partial charge in [0, 0.05) is 6.54 Å². The highest BCUT2D eigenvalue weighted by Crippen LogP contribution is 2.09. The van der Waals surface area contributed by atoms with Crippen LogP contribution in [0.2, 0.25) is 0 Å². The van der Waals surface area contributed by atoms with Gasteiger partial charge in [-0.1, -0.05) is 13.3 Å². The van der Waals surface area contributed by atoms with Crippen molar-refractivity contribution < 1.29 is 13.9 Å². The molecular formula is C12H23FN3O2+. The van der Waals surface area contributed by atoms with Gasteiger partial charge in [-0.05, 0) is 26.7 Å². The van der Waals surface area contributed by atoms with Gasteiger partial charge >= 0.3 is 18.4 Å². The molecule has 0 radical (unpaired) electrons. The van der Waals surface area contributed by atoms with Gasteiger partial charge in [0.25, 0.3) is 0 Å². The van der Waals surface area contributed by atoms with Crippen molar-refractivity contribution in [1.29, 1.82) is 0 Å². The lowest BCUT2D eigenvalue weighted by molar-refractivity contribution is 0.0519. The van der Waals surface area contributed by atoms with Crippen LogP contribution in [0.5, 0.6) is 0 Å². The molecule has 0 aliphatic heterocycles. The van der Waals surface area contributed by atoms with Crippen LogP contribution < -0.4 is 15.7 Å². The molecule has 18 heavy (non-hydrogen) atoms. The minimum Gasteiger partial charge on any atom is -0.444 e. The number of carbonyl (C=O) groups is 1. The number of nitrogens with zero attached hydrogens (tertiary/aromatic N) is 1. The summed E-state index contributed by atoms with van der Waals surface area (Å²) in [5.74, 6) is -0.559. The summed E-state index contributed by atoms with van der Waals surface area (Å²) in [5, 5.41) is 2.61. The van der Waals surface area contributed by atoms with E-state index in [-0.39, 0.29) is 12.3 Å². The summed E-state index contributed by atoms with van der Waals surface area (Å²) in [6.07, 6.45) is 1.30. The van der Waals surface area contributed by atoms with Gasteiger partial charge in [0.2, 0.25) is 0 Å². The summed E-state index contributed by atoms with van der Waals surface area (Å²) >= 11 is 0. The fraction of sp³-hybridized carbons (Fsp3) is 0.750. The Balaban J connectivity index is 4.16. The second kappa shape index (κ2) is 7.71. The van der Waals surface area contributed by atoms with Crippen LogP contribution in [0.1, 0.15) is 40.5 Å². The van der Waals surface area contributed by atoms with Crippen LogP contribution in [0, 0.1) is 5.92 Å². The van der Waals surface area contributed by atoms with Crippen molar-refractivity contribution in [3.63, 3.8) is 0 Å². The third kappa shape index (κ3) is 8.58. The maximum absolute atomic E-state index is 13.1. The van der Waals surface area contributed by atoms with Crippen LogP contribution in [0.3, 0.4) is 0 Å². The molecule has 0 aromatic carbocycles. The summed E-state index contributed by atoms with van der Waals surface area (Å²) in [7, 11) is 0. The lowest BCUT2D eigenvalue weighted by atomic mass is 10.0. The van der Waals surface area contributed by atoms with E-state index in [1.807, 2.05) is 6.92 Å². The van der Waals surface area contributed by atoms with Crippen molar-refractivity contribution in [2.75, 3.05) is 6.54 Å². The number of hydrogen-bond donors (Lipinski definition) is 2. The van der Waals surface area contributed by atoms with Gasteiger partial charge in [-0.15, -0.1) is 4.39 Å². The number of nitrogens with one attached hydrogen (secondary N) is 1. The van der Waals surface area contributed by atoms with Gasteiger partial charge in [0.15, 0.2) is 0 Å². The molecular weight excluding hydrogens is 237 g/mol. The van der Waals surface area contributed by atoms with Gasteiger partial charge in [-0.2, -0.15) is 4.67 Å². The van der Waals surface area contributed by atoms with Gasteiger partial charge < -0.3 is 10.1 Å². The van der Waals surface area contributed by atoms with Crippen LogP contribution in [-0.2, 0) is 4.74 Å². The molecule has 0 saturated heterocycles. The summed E-state index contributed by atoms with van der Waals surface area (Å²) < 4.78 is 21.6. The minimum absolute atomic E-state index is 0.0266. The highest BCUT2D eigenvalue weighted by molar-refractivity contribution is 5.77. The molecule has 1 atom stereocenters.